The number of hydrogen-bond acceptors (Lipinski definition) is 5. The van der Waals surface area contributed by atoms with Crippen molar-refractivity contribution in [1.82, 2.24) is 4.90 Å². The number of imide groups is 1. The fourth-order valence-electron chi connectivity index (χ4n) is 3.72. The van der Waals surface area contributed by atoms with Crippen LogP contribution in [0.15, 0.2) is 71.2 Å². The number of alkyl halides is 3. The van der Waals surface area contributed by atoms with Crippen LogP contribution in [0.4, 0.5) is 18.9 Å². The maximum absolute atomic E-state index is 13.1. The zero-order valence-corrected chi connectivity index (χ0v) is 19.3. The summed E-state index contributed by atoms with van der Waals surface area (Å²) in [5.41, 5.74) is 0.546. The van der Waals surface area contributed by atoms with Crippen LogP contribution in [0.25, 0.3) is 6.08 Å². The Morgan fingerprint density at radius 1 is 1.09 bits per heavy atom. The molecular weight excluding hydrogens is 485 g/mol. The average molecular weight is 503 g/mol. The summed E-state index contributed by atoms with van der Waals surface area (Å²) in [4.78, 5) is 40.8. The standard InChI is InChI=1S/C24H17F3N2O3S2/c1-14(10-15-6-3-2-4-7-15)11-19-22(32)29(23(33)34-19)18-13-20(30)28(21(18)31)17-9-5-8-16(12-17)24(25,26)27/h2-12,18H,13H2,1H3/b14-10+,19-11-. The van der Waals surface area contributed by atoms with Crippen molar-refractivity contribution in [3.63, 3.8) is 0 Å². The molecule has 0 bridgehead atoms. The summed E-state index contributed by atoms with van der Waals surface area (Å²) in [6.45, 7) is 1.82. The van der Waals surface area contributed by atoms with E-state index in [9.17, 15) is 27.6 Å². The molecule has 4 rings (SSSR count). The molecule has 10 heteroatoms. The molecule has 0 N–H and O–H groups in total. The molecule has 0 aromatic heterocycles. The highest BCUT2D eigenvalue weighted by atomic mass is 32.2. The maximum atomic E-state index is 13.1. The zero-order valence-electron chi connectivity index (χ0n) is 17.7. The van der Waals surface area contributed by atoms with Crippen molar-refractivity contribution < 1.29 is 27.6 Å². The van der Waals surface area contributed by atoms with Crippen molar-refractivity contribution in [3.8, 4) is 0 Å². The van der Waals surface area contributed by atoms with Crippen LogP contribution in [0.2, 0.25) is 0 Å². The van der Waals surface area contributed by atoms with Gasteiger partial charge in [0.25, 0.3) is 11.8 Å². The Morgan fingerprint density at radius 3 is 2.47 bits per heavy atom. The van der Waals surface area contributed by atoms with Crippen LogP contribution < -0.4 is 4.90 Å². The first kappa shape index (κ1) is 23.9. The van der Waals surface area contributed by atoms with E-state index in [1.165, 1.54) is 6.07 Å². The molecule has 1 atom stereocenters. The summed E-state index contributed by atoms with van der Waals surface area (Å²) in [6, 6.07) is 12.2. The monoisotopic (exact) mass is 502 g/mol. The van der Waals surface area contributed by atoms with Crippen molar-refractivity contribution in [2.24, 2.45) is 0 Å². The third-order valence-corrected chi connectivity index (χ3v) is 6.57. The highest BCUT2D eigenvalue weighted by molar-refractivity contribution is 8.26. The fourth-order valence-corrected chi connectivity index (χ4v) is 5.13. The Bertz CT molecular complexity index is 1260. The lowest BCUT2D eigenvalue weighted by Crippen LogP contribution is -2.44. The van der Waals surface area contributed by atoms with Gasteiger partial charge in [-0.2, -0.15) is 13.2 Å². The second kappa shape index (κ2) is 9.19. The number of benzene rings is 2. The van der Waals surface area contributed by atoms with E-state index in [0.717, 1.165) is 46.0 Å². The second-order valence-corrected chi connectivity index (χ2v) is 9.36. The third-order valence-electron chi connectivity index (χ3n) is 5.24. The molecule has 2 heterocycles. The van der Waals surface area contributed by atoms with Crippen molar-refractivity contribution in [2.75, 3.05) is 4.90 Å². The molecule has 174 valence electrons. The Balaban J connectivity index is 1.58. The molecule has 3 amide bonds. The SMILES string of the molecule is CC(/C=C1\SC(=S)N(C2CC(=O)N(c3cccc(C(F)(F)F)c3)C2=O)C1=O)=C\c1ccccc1. The zero-order chi connectivity index (χ0) is 24.6. The number of rotatable bonds is 4. The van der Waals surface area contributed by atoms with E-state index in [4.69, 9.17) is 12.2 Å². The highest BCUT2D eigenvalue weighted by Crippen LogP contribution is 2.38. The summed E-state index contributed by atoms with van der Waals surface area (Å²) in [5, 5.41) is 0. The molecule has 34 heavy (non-hydrogen) atoms. The second-order valence-electron chi connectivity index (χ2n) is 7.69. The summed E-state index contributed by atoms with van der Waals surface area (Å²) in [7, 11) is 0. The third kappa shape index (κ3) is 4.69. The van der Waals surface area contributed by atoms with Gasteiger partial charge in [-0.15, -0.1) is 0 Å². The number of nitrogens with zero attached hydrogens (tertiary/aromatic N) is 2. The van der Waals surface area contributed by atoms with E-state index in [1.807, 2.05) is 43.3 Å². The van der Waals surface area contributed by atoms with Gasteiger partial charge in [-0.05, 0) is 42.3 Å². The number of thioether (sulfide) groups is 1. The van der Waals surface area contributed by atoms with E-state index >= 15 is 0 Å². The first-order valence-electron chi connectivity index (χ1n) is 10.1. The minimum atomic E-state index is -4.63. The number of carbonyl (C=O) groups is 3. The number of hydrogen-bond donors (Lipinski definition) is 0. The summed E-state index contributed by atoms with van der Waals surface area (Å²) >= 11 is 6.32. The molecule has 2 fully saturated rings. The predicted octanol–water partition coefficient (Wildman–Crippen LogP) is 5.19. The molecule has 2 aliphatic rings. The lowest BCUT2D eigenvalue weighted by molar-refractivity contribution is -0.137. The fraction of sp³-hybridized carbons (Fsp3) is 0.167. The van der Waals surface area contributed by atoms with E-state index < -0.39 is 35.5 Å². The number of amides is 3. The van der Waals surface area contributed by atoms with Crippen molar-refractivity contribution in [2.45, 2.75) is 25.6 Å². The van der Waals surface area contributed by atoms with Gasteiger partial charge in [-0.3, -0.25) is 19.3 Å². The van der Waals surface area contributed by atoms with Crippen LogP contribution in [0.5, 0.6) is 0 Å². The molecule has 1 unspecified atom stereocenters. The van der Waals surface area contributed by atoms with Crippen molar-refractivity contribution >= 4 is 57.8 Å². The van der Waals surface area contributed by atoms with Gasteiger partial charge < -0.3 is 0 Å². The molecule has 0 radical (unpaired) electrons. The van der Waals surface area contributed by atoms with Crippen LogP contribution in [0.3, 0.4) is 0 Å². The molecule has 2 saturated heterocycles. The van der Waals surface area contributed by atoms with E-state index in [-0.39, 0.29) is 16.4 Å². The largest absolute Gasteiger partial charge is 0.416 e. The molecule has 5 nitrogen and oxygen atoms in total. The summed E-state index contributed by atoms with van der Waals surface area (Å²) < 4.78 is 39.4. The first-order valence-corrected chi connectivity index (χ1v) is 11.3. The highest BCUT2D eigenvalue weighted by Gasteiger charge is 2.49. The first-order chi connectivity index (χ1) is 16.1. The van der Waals surface area contributed by atoms with E-state index in [0.29, 0.717) is 9.81 Å². The van der Waals surface area contributed by atoms with E-state index in [1.54, 1.807) is 6.08 Å². The molecule has 0 aliphatic carbocycles. The topological polar surface area (TPSA) is 57.7 Å². The lowest BCUT2D eigenvalue weighted by Gasteiger charge is -2.21. The van der Waals surface area contributed by atoms with E-state index in [2.05, 4.69) is 0 Å². The van der Waals surface area contributed by atoms with Gasteiger partial charge in [-0.25, -0.2) is 4.90 Å². The number of thiocarbonyl (C=S) groups is 1. The van der Waals surface area contributed by atoms with Gasteiger partial charge >= 0.3 is 6.18 Å². The summed E-state index contributed by atoms with van der Waals surface area (Å²) in [6.07, 6.45) is -1.47. The Morgan fingerprint density at radius 2 is 1.79 bits per heavy atom. The quantitative estimate of drug-likeness (QED) is 0.327. The Labute approximate surface area is 202 Å². The molecule has 2 aliphatic heterocycles. The number of halogens is 3. The normalized spacial score (nSPS) is 20.8. The van der Waals surface area contributed by atoms with Gasteiger partial charge in [0.1, 0.15) is 10.4 Å². The van der Waals surface area contributed by atoms with Crippen LogP contribution in [-0.2, 0) is 20.6 Å². The van der Waals surface area contributed by atoms with Gasteiger partial charge in [0.05, 0.1) is 22.6 Å². The predicted molar refractivity (Wildman–Crippen MR) is 128 cm³/mol. The summed E-state index contributed by atoms with van der Waals surface area (Å²) in [5.74, 6) is -2.02. The lowest BCUT2D eigenvalue weighted by atomic mass is 10.1. The Kier molecular flexibility index (Phi) is 6.46. The van der Waals surface area contributed by atoms with Gasteiger partial charge in [0, 0.05) is 0 Å². The smallest absolute Gasteiger partial charge is 0.280 e. The minimum Gasteiger partial charge on any atom is -0.280 e. The van der Waals surface area contributed by atoms with Crippen LogP contribution in [0.1, 0.15) is 24.5 Å². The van der Waals surface area contributed by atoms with Gasteiger partial charge in [0.15, 0.2) is 0 Å². The molecule has 0 spiro atoms. The van der Waals surface area contributed by atoms with Crippen LogP contribution in [0, 0.1) is 0 Å². The van der Waals surface area contributed by atoms with Crippen LogP contribution >= 0.6 is 24.0 Å². The van der Waals surface area contributed by atoms with Gasteiger partial charge in [0.2, 0.25) is 5.91 Å². The average Bonchev–Trinajstić information content (AvgIpc) is 3.21. The minimum absolute atomic E-state index is 0.112. The molecule has 2 aromatic carbocycles. The molecule has 2 aromatic rings. The van der Waals surface area contributed by atoms with Gasteiger partial charge in [-0.1, -0.05) is 66.5 Å². The number of allylic oxidation sites excluding steroid dienone is 2. The number of anilines is 1. The molecular formula is C24H17F3N2O3S2. The number of carbonyl (C=O) groups excluding carboxylic acids is 3. The molecule has 0 saturated carbocycles. The maximum Gasteiger partial charge on any atom is 0.416 e. The van der Waals surface area contributed by atoms with Crippen molar-refractivity contribution in [1.29, 1.82) is 0 Å². The van der Waals surface area contributed by atoms with Crippen molar-refractivity contribution in [3.05, 3.63) is 82.3 Å². The Hall–Kier alpha value is -3.24. The van der Waals surface area contributed by atoms with Crippen LogP contribution in [-0.4, -0.2) is 33.0 Å².